The minimum Gasteiger partial charge on any atom is -0.287 e. The second-order valence-corrected chi connectivity index (χ2v) is 5.49. The number of amides is 1. The highest BCUT2D eigenvalue weighted by atomic mass is 16.2. The number of hydrogen-bond acceptors (Lipinski definition) is 2. The summed E-state index contributed by atoms with van der Waals surface area (Å²) < 4.78 is 0. The van der Waals surface area contributed by atoms with Crippen molar-refractivity contribution in [2.45, 2.75) is 44.6 Å². The average Bonchev–Trinajstić information content (AvgIpc) is 2.53. The molecule has 2 rings (SSSR count). The molecule has 0 aromatic heterocycles. The van der Waals surface area contributed by atoms with Gasteiger partial charge >= 0.3 is 0 Å². The Kier molecular flexibility index (Phi) is 5.81. The van der Waals surface area contributed by atoms with Crippen molar-refractivity contribution in [2.24, 2.45) is 5.92 Å². The minimum atomic E-state index is -0.0736. The van der Waals surface area contributed by atoms with Crippen LogP contribution in [-0.2, 0) is 0 Å². The second kappa shape index (κ2) is 7.85. The Morgan fingerprint density at radius 3 is 2.60 bits per heavy atom. The number of benzene rings is 1. The molecule has 1 aromatic rings. The van der Waals surface area contributed by atoms with Crippen molar-refractivity contribution in [3.8, 4) is 0 Å². The molecule has 20 heavy (non-hydrogen) atoms. The van der Waals surface area contributed by atoms with Crippen LogP contribution in [0.5, 0.6) is 0 Å². The number of carbonyl (C=O) groups excluding carboxylic acids is 1. The zero-order chi connectivity index (χ0) is 14.2. The van der Waals surface area contributed by atoms with Crippen molar-refractivity contribution in [1.29, 1.82) is 0 Å². The molecule has 0 unspecified atom stereocenters. The van der Waals surface area contributed by atoms with E-state index in [0.717, 1.165) is 6.42 Å². The largest absolute Gasteiger partial charge is 0.287 e. The zero-order valence-electron chi connectivity index (χ0n) is 12.0. The van der Waals surface area contributed by atoms with Gasteiger partial charge in [0.25, 0.3) is 5.91 Å². The molecule has 0 bridgehead atoms. The van der Waals surface area contributed by atoms with Gasteiger partial charge in [0.1, 0.15) is 0 Å². The quantitative estimate of drug-likeness (QED) is 0.615. The monoisotopic (exact) mass is 272 g/mol. The fourth-order valence-electron chi connectivity index (χ4n) is 2.91. The highest BCUT2D eigenvalue weighted by Crippen LogP contribution is 2.27. The summed E-state index contributed by atoms with van der Waals surface area (Å²) in [6.07, 6.45) is 9.24. The van der Waals surface area contributed by atoms with E-state index in [1.165, 1.54) is 32.1 Å². The van der Waals surface area contributed by atoms with Crippen LogP contribution in [-0.4, -0.2) is 11.9 Å². The third-order valence-corrected chi connectivity index (χ3v) is 4.05. The molecule has 1 aliphatic carbocycles. The van der Waals surface area contributed by atoms with Crippen LogP contribution in [0.25, 0.3) is 0 Å². The van der Waals surface area contributed by atoms with Crippen LogP contribution in [0.4, 0.5) is 0 Å². The van der Waals surface area contributed by atoms with Gasteiger partial charge in [0, 0.05) is 11.6 Å². The first kappa shape index (κ1) is 14.8. The maximum absolute atomic E-state index is 12.0. The summed E-state index contributed by atoms with van der Waals surface area (Å²) in [5, 5.41) is 0. The molecular formula is C17H24N2O. The lowest BCUT2D eigenvalue weighted by atomic mass is 9.83. The summed E-state index contributed by atoms with van der Waals surface area (Å²) in [7, 11) is 0. The van der Waals surface area contributed by atoms with Crippen LogP contribution in [0.2, 0.25) is 0 Å². The molecule has 1 aromatic carbocycles. The van der Waals surface area contributed by atoms with Gasteiger partial charge in [-0.3, -0.25) is 10.2 Å². The van der Waals surface area contributed by atoms with E-state index in [-0.39, 0.29) is 5.91 Å². The summed E-state index contributed by atoms with van der Waals surface area (Å²) in [4.78, 5) is 12.0. The summed E-state index contributed by atoms with van der Waals surface area (Å²) in [5.41, 5.74) is 6.74. The molecular weight excluding hydrogens is 248 g/mol. The lowest BCUT2D eigenvalue weighted by Crippen LogP contribution is -2.48. The normalized spacial score (nSPS) is 17.4. The number of carbonyl (C=O) groups is 1. The topological polar surface area (TPSA) is 41.1 Å². The van der Waals surface area contributed by atoms with E-state index in [0.29, 0.717) is 17.5 Å². The number of nitrogens with one attached hydrogen (secondary N) is 2. The summed E-state index contributed by atoms with van der Waals surface area (Å²) in [6.45, 7) is 3.83. The van der Waals surface area contributed by atoms with Crippen molar-refractivity contribution in [2.75, 3.05) is 0 Å². The van der Waals surface area contributed by atoms with Gasteiger partial charge in [0.15, 0.2) is 0 Å². The van der Waals surface area contributed by atoms with Crippen LogP contribution < -0.4 is 10.9 Å². The Balaban J connectivity index is 1.88. The van der Waals surface area contributed by atoms with Gasteiger partial charge in [-0.15, -0.1) is 6.58 Å². The SMILES string of the molecule is C=CC[C@H](NNC(=O)c1ccccc1)C1CCCCC1. The minimum absolute atomic E-state index is 0.0736. The third-order valence-electron chi connectivity index (χ3n) is 4.05. The van der Waals surface area contributed by atoms with Gasteiger partial charge in [-0.1, -0.05) is 43.5 Å². The molecule has 0 radical (unpaired) electrons. The smallest absolute Gasteiger partial charge is 0.265 e. The number of rotatable bonds is 6. The predicted octanol–water partition coefficient (Wildman–Crippen LogP) is 3.45. The fourth-order valence-corrected chi connectivity index (χ4v) is 2.91. The van der Waals surface area contributed by atoms with Crippen LogP contribution >= 0.6 is 0 Å². The molecule has 3 nitrogen and oxygen atoms in total. The molecule has 2 N–H and O–H groups in total. The van der Waals surface area contributed by atoms with E-state index in [9.17, 15) is 4.79 Å². The first-order valence-electron chi connectivity index (χ1n) is 7.53. The van der Waals surface area contributed by atoms with Crippen LogP contribution in [0, 0.1) is 5.92 Å². The highest BCUT2D eigenvalue weighted by molar-refractivity contribution is 5.93. The molecule has 1 amide bonds. The molecule has 1 saturated carbocycles. The molecule has 1 aliphatic rings. The van der Waals surface area contributed by atoms with E-state index in [4.69, 9.17) is 0 Å². The van der Waals surface area contributed by atoms with E-state index in [2.05, 4.69) is 17.4 Å². The molecule has 1 atom stereocenters. The Hall–Kier alpha value is -1.61. The average molecular weight is 272 g/mol. The van der Waals surface area contributed by atoms with Crippen molar-refractivity contribution in [3.63, 3.8) is 0 Å². The first-order valence-corrected chi connectivity index (χ1v) is 7.53. The Labute approximate surface area is 121 Å². The maximum Gasteiger partial charge on any atom is 0.265 e. The lowest BCUT2D eigenvalue weighted by molar-refractivity contribution is 0.0912. The first-order chi connectivity index (χ1) is 9.81. The standard InChI is InChI=1S/C17H24N2O/c1-2-9-16(14-10-5-3-6-11-14)18-19-17(20)15-12-7-4-8-13-15/h2,4,7-8,12-14,16,18H,1,3,5-6,9-11H2,(H,19,20)/t16-/m0/s1. The lowest BCUT2D eigenvalue weighted by Gasteiger charge is -2.30. The Morgan fingerprint density at radius 2 is 1.95 bits per heavy atom. The van der Waals surface area contributed by atoms with Crippen LogP contribution in [0.15, 0.2) is 43.0 Å². The summed E-state index contributed by atoms with van der Waals surface area (Å²) in [6, 6.07) is 9.59. The molecule has 0 saturated heterocycles. The summed E-state index contributed by atoms with van der Waals surface area (Å²) in [5.74, 6) is 0.563. The van der Waals surface area contributed by atoms with Crippen LogP contribution in [0.3, 0.4) is 0 Å². The van der Waals surface area contributed by atoms with E-state index in [1.807, 2.05) is 36.4 Å². The predicted molar refractivity (Wildman–Crippen MR) is 82.2 cm³/mol. The van der Waals surface area contributed by atoms with Gasteiger partial charge in [-0.25, -0.2) is 5.43 Å². The summed E-state index contributed by atoms with van der Waals surface area (Å²) >= 11 is 0. The van der Waals surface area contributed by atoms with Gasteiger partial charge in [-0.05, 0) is 37.3 Å². The highest BCUT2D eigenvalue weighted by Gasteiger charge is 2.22. The van der Waals surface area contributed by atoms with Gasteiger partial charge < -0.3 is 0 Å². The van der Waals surface area contributed by atoms with Gasteiger partial charge in [0.05, 0.1) is 0 Å². The van der Waals surface area contributed by atoms with Gasteiger partial charge in [-0.2, -0.15) is 0 Å². The zero-order valence-corrected chi connectivity index (χ0v) is 12.0. The van der Waals surface area contributed by atoms with E-state index >= 15 is 0 Å². The van der Waals surface area contributed by atoms with Crippen molar-refractivity contribution < 1.29 is 4.79 Å². The maximum atomic E-state index is 12.0. The van der Waals surface area contributed by atoms with Crippen molar-refractivity contribution in [3.05, 3.63) is 48.6 Å². The molecule has 0 heterocycles. The molecule has 1 fully saturated rings. The molecule has 0 spiro atoms. The van der Waals surface area contributed by atoms with Crippen LogP contribution in [0.1, 0.15) is 48.9 Å². The Bertz CT molecular complexity index is 424. The fraction of sp³-hybridized carbons (Fsp3) is 0.471. The van der Waals surface area contributed by atoms with Crippen molar-refractivity contribution >= 4 is 5.91 Å². The second-order valence-electron chi connectivity index (χ2n) is 5.49. The Morgan fingerprint density at radius 1 is 1.25 bits per heavy atom. The van der Waals surface area contributed by atoms with E-state index in [1.54, 1.807) is 0 Å². The third kappa shape index (κ3) is 4.20. The van der Waals surface area contributed by atoms with E-state index < -0.39 is 0 Å². The number of hydrazine groups is 1. The van der Waals surface area contributed by atoms with Gasteiger partial charge in [0.2, 0.25) is 0 Å². The number of hydrogen-bond donors (Lipinski definition) is 2. The van der Waals surface area contributed by atoms with Crippen molar-refractivity contribution in [1.82, 2.24) is 10.9 Å². The molecule has 0 aliphatic heterocycles. The molecule has 3 heteroatoms. The molecule has 108 valence electrons.